The maximum atomic E-state index is 12.6. The Labute approximate surface area is 196 Å². The predicted octanol–water partition coefficient (Wildman–Crippen LogP) is 2.73. The van der Waals surface area contributed by atoms with Gasteiger partial charge in [0, 0.05) is 30.8 Å². The number of aryl methyl sites for hydroxylation is 1. The molecule has 1 atom stereocenters. The highest BCUT2D eigenvalue weighted by Crippen LogP contribution is 2.44. The molecule has 9 heteroatoms. The average molecular weight is 463 g/mol. The first-order valence-corrected chi connectivity index (χ1v) is 10.9. The minimum Gasteiger partial charge on any atom is -0.481 e. The Morgan fingerprint density at radius 1 is 1.09 bits per heavy atom. The van der Waals surface area contributed by atoms with E-state index in [2.05, 4.69) is 15.7 Å². The number of carbonyl (C=O) groups excluding carboxylic acids is 2. The zero-order chi connectivity index (χ0) is 24.2. The second-order valence-corrected chi connectivity index (χ2v) is 8.22. The summed E-state index contributed by atoms with van der Waals surface area (Å²) in [4.78, 5) is 36.4. The molecule has 1 heterocycles. The lowest BCUT2D eigenvalue weighted by Gasteiger charge is -2.18. The van der Waals surface area contributed by atoms with E-state index in [0.29, 0.717) is 0 Å². The lowest BCUT2D eigenvalue weighted by Crippen LogP contribution is -2.48. The SMILES string of the molecule is Cc1c(CNC(=O)C(CC(=O)O)NC(=O)OCC2c3ccccc3-c3ccccc32)cnn1C. The summed E-state index contributed by atoms with van der Waals surface area (Å²) in [6.45, 7) is 2.09. The number of hydrogen-bond donors (Lipinski definition) is 3. The van der Waals surface area contributed by atoms with E-state index >= 15 is 0 Å². The monoisotopic (exact) mass is 462 g/mol. The zero-order valence-electron chi connectivity index (χ0n) is 18.9. The number of nitrogens with one attached hydrogen (secondary N) is 2. The summed E-state index contributed by atoms with van der Waals surface area (Å²) in [5.41, 5.74) is 5.99. The number of amides is 2. The molecule has 0 bridgehead atoms. The molecule has 0 saturated heterocycles. The Hall–Kier alpha value is -4.14. The van der Waals surface area contributed by atoms with Gasteiger partial charge in [-0.15, -0.1) is 0 Å². The molecular formula is C25H26N4O5. The maximum Gasteiger partial charge on any atom is 0.407 e. The van der Waals surface area contributed by atoms with Crippen LogP contribution in [0.25, 0.3) is 11.1 Å². The molecule has 1 unspecified atom stereocenters. The Morgan fingerprint density at radius 2 is 1.71 bits per heavy atom. The third-order valence-electron chi connectivity index (χ3n) is 6.12. The van der Waals surface area contributed by atoms with Gasteiger partial charge in [-0.25, -0.2) is 4.79 Å². The van der Waals surface area contributed by atoms with E-state index in [1.165, 1.54) is 0 Å². The summed E-state index contributed by atoms with van der Waals surface area (Å²) in [6.07, 6.45) is 0.212. The number of fused-ring (bicyclic) bond motifs is 3. The fourth-order valence-corrected chi connectivity index (χ4v) is 4.19. The van der Waals surface area contributed by atoms with Gasteiger partial charge in [0.15, 0.2) is 0 Å². The number of rotatable bonds is 8. The molecule has 0 aliphatic heterocycles. The number of benzene rings is 2. The lowest BCUT2D eigenvalue weighted by molar-refractivity contribution is -0.139. The van der Waals surface area contributed by atoms with Crippen molar-refractivity contribution >= 4 is 18.0 Å². The number of aliphatic carboxylic acids is 1. The minimum atomic E-state index is -1.27. The van der Waals surface area contributed by atoms with Crippen LogP contribution in [0.4, 0.5) is 4.79 Å². The van der Waals surface area contributed by atoms with Crippen molar-refractivity contribution in [3.63, 3.8) is 0 Å². The largest absolute Gasteiger partial charge is 0.481 e. The quantitative estimate of drug-likeness (QED) is 0.473. The van der Waals surface area contributed by atoms with E-state index in [9.17, 15) is 19.5 Å². The van der Waals surface area contributed by atoms with E-state index in [-0.39, 0.29) is 19.1 Å². The van der Waals surface area contributed by atoms with Crippen LogP contribution < -0.4 is 10.6 Å². The number of aromatic nitrogens is 2. The molecule has 0 radical (unpaired) electrons. The summed E-state index contributed by atoms with van der Waals surface area (Å²) >= 11 is 0. The Kier molecular flexibility index (Phi) is 6.62. The third-order valence-corrected chi connectivity index (χ3v) is 6.12. The van der Waals surface area contributed by atoms with Gasteiger partial charge in [0.25, 0.3) is 0 Å². The first-order chi connectivity index (χ1) is 16.3. The lowest BCUT2D eigenvalue weighted by atomic mass is 9.98. The standard InChI is InChI=1S/C25H26N4O5/c1-15-16(13-27-29(15)2)12-26-24(32)22(11-23(30)31)28-25(33)34-14-21-19-9-5-3-7-17(19)18-8-4-6-10-20(18)21/h3-10,13,21-22H,11-12,14H2,1-2H3,(H,26,32)(H,28,33)(H,30,31). The fourth-order valence-electron chi connectivity index (χ4n) is 4.19. The molecule has 2 amide bonds. The summed E-state index contributed by atoms with van der Waals surface area (Å²) in [6, 6.07) is 14.6. The van der Waals surface area contributed by atoms with E-state index in [1.54, 1.807) is 17.9 Å². The van der Waals surface area contributed by atoms with Gasteiger partial charge in [-0.05, 0) is 29.2 Å². The molecule has 0 fully saturated rings. The maximum absolute atomic E-state index is 12.6. The van der Waals surface area contributed by atoms with Gasteiger partial charge in [0.05, 0.1) is 12.6 Å². The van der Waals surface area contributed by atoms with Crippen molar-refractivity contribution in [1.29, 1.82) is 0 Å². The highest BCUT2D eigenvalue weighted by atomic mass is 16.5. The molecule has 4 rings (SSSR count). The van der Waals surface area contributed by atoms with Crippen molar-refractivity contribution in [2.24, 2.45) is 7.05 Å². The van der Waals surface area contributed by atoms with Crippen molar-refractivity contribution in [2.75, 3.05) is 6.61 Å². The van der Waals surface area contributed by atoms with Gasteiger partial charge >= 0.3 is 12.1 Å². The van der Waals surface area contributed by atoms with Gasteiger partial charge in [-0.1, -0.05) is 48.5 Å². The van der Waals surface area contributed by atoms with E-state index in [1.807, 2.05) is 55.5 Å². The minimum absolute atomic E-state index is 0.0656. The molecule has 3 aromatic rings. The van der Waals surface area contributed by atoms with Crippen molar-refractivity contribution in [3.05, 3.63) is 77.1 Å². The van der Waals surface area contributed by atoms with Crippen LogP contribution in [0.15, 0.2) is 54.7 Å². The number of alkyl carbamates (subject to hydrolysis) is 1. The molecule has 0 saturated carbocycles. The summed E-state index contributed by atoms with van der Waals surface area (Å²) in [7, 11) is 1.78. The fraction of sp³-hybridized carbons (Fsp3) is 0.280. The van der Waals surface area contributed by atoms with Gasteiger partial charge in [-0.2, -0.15) is 5.10 Å². The zero-order valence-corrected chi connectivity index (χ0v) is 18.9. The molecule has 1 aliphatic rings. The molecule has 176 valence electrons. The highest BCUT2D eigenvalue weighted by Gasteiger charge is 2.30. The molecule has 2 aromatic carbocycles. The smallest absolute Gasteiger partial charge is 0.407 e. The normalized spacial score (nSPS) is 13.0. The molecule has 1 aliphatic carbocycles. The Bertz CT molecular complexity index is 1190. The number of hydrogen-bond acceptors (Lipinski definition) is 5. The predicted molar refractivity (Wildman–Crippen MR) is 124 cm³/mol. The number of carboxylic acids is 1. The molecule has 1 aromatic heterocycles. The second kappa shape index (κ2) is 9.78. The van der Waals surface area contributed by atoms with E-state index in [4.69, 9.17) is 4.74 Å². The summed E-state index contributed by atoms with van der Waals surface area (Å²) < 4.78 is 7.12. The van der Waals surface area contributed by atoms with Crippen LogP contribution in [-0.4, -0.2) is 45.5 Å². The van der Waals surface area contributed by atoms with Crippen molar-refractivity contribution in [2.45, 2.75) is 31.8 Å². The number of carbonyl (C=O) groups is 3. The van der Waals surface area contributed by atoms with Crippen LogP contribution in [0.1, 0.15) is 34.7 Å². The van der Waals surface area contributed by atoms with Crippen molar-refractivity contribution in [3.8, 4) is 11.1 Å². The number of nitrogens with zero attached hydrogens (tertiary/aromatic N) is 2. The molecule has 3 N–H and O–H groups in total. The van der Waals surface area contributed by atoms with Gasteiger partial charge in [0.2, 0.25) is 5.91 Å². The molecular weight excluding hydrogens is 436 g/mol. The van der Waals surface area contributed by atoms with E-state index in [0.717, 1.165) is 33.5 Å². The first kappa shape index (κ1) is 23.0. The van der Waals surface area contributed by atoms with Crippen molar-refractivity contribution < 1.29 is 24.2 Å². The van der Waals surface area contributed by atoms with Crippen LogP contribution >= 0.6 is 0 Å². The summed E-state index contributed by atoms with van der Waals surface area (Å²) in [5, 5.41) is 18.4. The number of carboxylic acid groups (broad SMARTS) is 1. The molecule has 34 heavy (non-hydrogen) atoms. The van der Waals surface area contributed by atoms with Crippen LogP contribution in [0.2, 0.25) is 0 Å². The van der Waals surface area contributed by atoms with Gasteiger partial charge in [0.1, 0.15) is 12.6 Å². The second-order valence-electron chi connectivity index (χ2n) is 8.22. The molecule has 9 nitrogen and oxygen atoms in total. The Morgan fingerprint density at radius 3 is 2.26 bits per heavy atom. The van der Waals surface area contributed by atoms with Gasteiger partial charge in [-0.3, -0.25) is 14.3 Å². The van der Waals surface area contributed by atoms with Gasteiger partial charge < -0.3 is 20.5 Å². The number of ether oxygens (including phenoxy) is 1. The first-order valence-electron chi connectivity index (χ1n) is 10.9. The Balaban J connectivity index is 1.39. The van der Waals surface area contributed by atoms with Crippen molar-refractivity contribution in [1.82, 2.24) is 20.4 Å². The highest BCUT2D eigenvalue weighted by molar-refractivity contribution is 5.89. The van der Waals surface area contributed by atoms with Crippen LogP contribution in [0, 0.1) is 6.92 Å². The van der Waals surface area contributed by atoms with Crippen LogP contribution in [0.3, 0.4) is 0 Å². The summed E-state index contributed by atoms with van der Waals surface area (Å²) in [5.74, 6) is -1.96. The average Bonchev–Trinajstić information content (AvgIpc) is 3.32. The molecule has 0 spiro atoms. The van der Waals surface area contributed by atoms with Crippen LogP contribution in [0.5, 0.6) is 0 Å². The van der Waals surface area contributed by atoms with E-state index < -0.39 is 30.4 Å². The van der Waals surface area contributed by atoms with Crippen LogP contribution in [-0.2, 0) is 27.9 Å². The topological polar surface area (TPSA) is 123 Å². The third kappa shape index (κ3) is 4.78.